The van der Waals surface area contributed by atoms with Crippen molar-refractivity contribution in [3.63, 3.8) is 0 Å². The molecule has 0 radical (unpaired) electrons. The first-order valence-corrected chi connectivity index (χ1v) is 7.29. The summed E-state index contributed by atoms with van der Waals surface area (Å²) in [5.74, 6) is 0.732. The van der Waals surface area contributed by atoms with Crippen LogP contribution >= 0.6 is 23.2 Å². The number of rotatable bonds is 6. The lowest BCUT2D eigenvalue weighted by molar-refractivity contribution is -0.0887. The van der Waals surface area contributed by atoms with Crippen molar-refractivity contribution in [3.05, 3.63) is 28.2 Å². The molecule has 1 N–H and O–H groups in total. The van der Waals surface area contributed by atoms with Gasteiger partial charge in [0, 0.05) is 25.6 Å². The number of halogens is 2. The van der Waals surface area contributed by atoms with Gasteiger partial charge in [0.2, 0.25) is 0 Å². The molecule has 0 bridgehead atoms. The molecule has 1 aliphatic rings. The molecule has 1 aromatic carbocycles. The van der Waals surface area contributed by atoms with E-state index in [0.717, 1.165) is 25.1 Å². The van der Waals surface area contributed by atoms with Gasteiger partial charge in [0.1, 0.15) is 18.0 Å². The van der Waals surface area contributed by atoms with Crippen molar-refractivity contribution in [2.75, 3.05) is 13.7 Å². The van der Waals surface area contributed by atoms with Crippen LogP contribution in [0.3, 0.4) is 0 Å². The Bertz CT molecular complexity index is 428. The second-order valence-corrected chi connectivity index (χ2v) is 5.54. The Labute approximate surface area is 124 Å². The lowest BCUT2D eigenvalue weighted by Crippen LogP contribution is -2.61. The van der Waals surface area contributed by atoms with Crippen LogP contribution in [0.25, 0.3) is 0 Å². The minimum atomic E-state index is 0.0663. The van der Waals surface area contributed by atoms with Crippen molar-refractivity contribution < 1.29 is 9.47 Å². The van der Waals surface area contributed by atoms with E-state index < -0.39 is 0 Å². The van der Waals surface area contributed by atoms with Gasteiger partial charge in [-0.25, -0.2) is 0 Å². The molecule has 2 rings (SSSR count). The summed E-state index contributed by atoms with van der Waals surface area (Å²) in [4.78, 5) is 0. The van der Waals surface area contributed by atoms with Gasteiger partial charge in [-0.15, -0.1) is 0 Å². The SMILES string of the molecule is CCCNC1CC(Oc2ccc(Cl)c(Cl)c2)C1OC. The standard InChI is InChI=1S/C14H19Cl2NO2/c1-3-6-17-12-8-13(14(12)18-2)19-9-4-5-10(15)11(16)7-9/h4-5,7,12-14,17H,3,6,8H2,1-2H3. The number of benzene rings is 1. The van der Waals surface area contributed by atoms with Crippen molar-refractivity contribution >= 4 is 23.2 Å². The third kappa shape index (κ3) is 3.54. The number of nitrogens with one attached hydrogen (secondary N) is 1. The minimum absolute atomic E-state index is 0.0663. The normalized spacial score (nSPS) is 26.0. The molecular formula is C14H19Cl2NO2. The van der Waals surface area contributed by atoms with E-state index in [1.807, 2.05) is 6.07 Å². The van der Waals surface area contributed by atoms with E-state index in [1.165, 1.54) is 0 Å². The highest BCUT2D eigenvalue weighted by Crippen LogP contribution is 2.32. The molecule has 0 amide bonds. The zero-order chi connectivity index (χ0) is 13.8. The average molecular weight is 304 g/mol. The largest absolute Gasteiger partial charge is 0.488 e. The topological polar surface area (TPSA) is 30.5 Å². The Morgan fingerprint density at radius 1 is 1.32 bits per heavy atom. The zero-order valence-electron chi connectivity index (χ0n) is 11.2. The fourth-order valence-corrected chi connectivity index (χ4v) is 2.56. The molecular weight excluding hydrogens is 285 g/mol. The molecule has 106 valence electrons. The van der Waals surface area contributed by atoms with Gasteiger partial charge >= 0.3 is 0 Å². The monoisotopic (exact) mass is 303 g/mol. The molecule has 1 fully saturated rings. The molecule has 0 saturated heterocycles. The molecule has 0 aliphatic heterocycles. The first kappa shape index (κ1) is 14.9. The summed E-state index contributed by atoms with van der Waals surface area (Å²) in [5, 5.41) is 4.50. The summed E-state index contributed by atoms with van der Waals surface area (Å²) in [6, 6.07) is 5.68. The smallest absolute Gasteiger partial charge is 0.128 e. The maximum Gasteiger partial charge on any atom is 0.128 e. The third-order valence-corrected chi connectivity index (χ3v) is 4.10. The van der Waals surface area contributed by atoms with E-state index in [1.54, 1.807) is 19.2 Å². The second-order valence-electron chi connectivity index (χ2n) is 4.73. The Hall–Kier alpha value is -0.480. The van der Waals surface area contributed by atoms with Gasteiger partial charge < -0.3 is 14.8 Å². The maximum absolute atomic E-state index is 5.97. The van der Waals surface area contributed by atoms with Gasteiger partial charge in [-0.3, -0.25) is 0 Å². The Kier molecular flexibility index (Phi) is 5.34. The van der Waals surface area contributed by atoms with E-state index in [-0.39, 0.29) is 12.2 Å². The van der Waals surface area contributed by atoms with Gasteiger partial charge in [0.25, 0.3) is 0 Å². The van der Waals surface area contributed by atoms with Crippen LogP contribution in [0, 0.1) is 0 Å². The van der Waals surface area contributed by atoms with Gasteiger partial charge in [-0.05, 0) is 25.1 Å². The van der Waals surface area contributed by atoms with Crippen LogP contribution in [0.15, 0.2) is 18.2 Å². The fraction of sp³-hybridized carbons (Fsp3) is 0.571. The quantitative estimate of drug-likeness (QED) is 0.872. The van der Waals surface area contributed by atoms with E-state index >= 15 is 0 Å². The summed E-state index contributed by atoms with van der Waals surface area (Å²) in [6.07, 6.45) is 2.21. The molecule has 3 atom stereocenters. The van der Waals surface area contributed by atoms with Crippen molar-refractivity contribution in [2.24, 2.45) is 0 Å². The summed E-state index contributed by atoms with van der Waals surface area (Å²) in [6.45, 7) is 3.15. The molecule has 3 unspecified atom stereocenters. The summed E-state index contributed by atoms with van der Waals surface area (Å²) in [7, 11) is 1.72. The molecule has 19 heavy (non-hydrogen) atoms. The molecule has 1 aliphatic carbocycles. The average Bonchev–Trinajstić information content (AvgIpc) is 2.37. The molecule has 0 aromatic heterocycles. The van der Waals surface area contributed by atoms with Gasteiger partial charge in [-0.2, -0.15) is 0 Å². The van der Waals surface area contributed by atoms with Crippen molar-refractivity contribution in [1.29, 1.82) is 0 Å². The van der Waals surface area contributed by atoms with Crippen LogP contribution in [0.4, 0.5) is 0 Å². The van der Waals surface area contributed by atoms with Crippen LogP contribution in [0.2, 0.25) is 10.0 Å². The van der Waals surface area contributed by atoms with E-state index in [4.69, 9.17) is 32.7 Å². The molecule has 0 spiro atoms. The summed E-state index contributed by atoms with van der Waals surface area (Å²) >= 11 is 11.8. The number of hydrogen-bond donors (Lipinski definition) is 1. The highest BCUT2D eigenvalue weighted by molar-refractivity contribution is 6.42. The fourth-order valence-electron chi connectivity index (χ4n) is 2.27. The molecule has 1 saturated carbocycles. The zero-order valence-corrected chi connectivity index (χ0v) is 12.7. The van der Waals surface area contributed by atoms with Gasteiger partial charge in [0.15, 0.2) is 0 Å². The van der Waals surface area contributed by atoms with Crippen molar-refractivity contribution in [3.8, 4) is 5.75 Å². The number of methoxy groups -OCH3 is 1. The van der Waals surface area contributed by atoms with Crippen LogP contribution in [-0.2, 0) is 4.74 Å². The minimum Gasteiger partial charge on any atom is -0.488 e. The van der Waals surface area contributed by atoms with E-state index in [2.05, 4.69) is 12.2 Å². The number of ether oxygens (including phenoxy) is 2. The third-order valence-electron chi connectivity index (χ3n) is 3.36. The number of hydrogen-bond acceptors (Lipinski definition) is 3. The predicted molar refractivity (Wildman–Crippen MR) is 78.4 cm³/mol. The lowest BCUT2D eigenvalue weighted by atomic mass is 9.85. The Balaban J connectivity index is 1.91. The maximum atomic E-state index is 5.97. The highest BCUT2D eigenvalue weighted by atomic mass is 35.5. The molecule has 0 heterocycles. The van der Waals surface area contributed by atoms with Crippen LogP contribution in [0.5, 0.6) is 5.75 Å². The lowest BCUT2D eigenvalue weighted by Gasteiger charge is -2.43. The molecule has 3 nitrogen and oxygen atoms in total. The van der Waals surface area contributed by atoms with Crippen molar-refractivity contribution in [1.82, 2.24) is 5.32 Å². The Morgan fingerprint density at radius 3 is 2.74 bits per heavy atom. The molecule has 1 aromatic rings. The molecule has 5 heteroatoms. The van der Waals surface area contributed by atoms with Gasteiger partial charge in [0.05, 0.1) is 10.0 Å². The summed E-state index contributed by atoms with van der Waals surface area (Å²) in [5.41, 5.74) is 0. The first-order valence-electron chi connectivity index (χ1n) is 6.53. The van der Waals surface area contributed by atoms with E-state index in [9.17, 15) is 0 Å². The first-order chi connectivity index (χ1) is 9.15. The van der Waals surface area contributed by atoms with Crippen LogP contribution < -0.4 is 10.1 Å². The van der Waals surface area contributed by atoms with Crippen LogP contribution in [0.1, 0.15) is 19.8 Å². The predicted octanol–water partition coefficient (Wildman–Crippen LogP) is 3.53. The van der Waals surface area contributed by atoms with Crippen LogP contribution in [-0.4, -0.2) is 31.9 Å². The highest BCUT2D eigenvalue weighted by Gasteiger charge is 2.42. The second kappa shape index (κ2) is 6.80. The van der Waals surface area contributed by atoms with Gasteiger partial charge in [-0.1, -0.05) is 30.1 Å². The Morgan fingerprint density at radius 2 is 2.11 bits per heavy atom. The summed E-state index contributed by atoms with van der Waals surface area (Å²) < 4.78 is 11.4. The van der Waals surface area contributed by atoms with E-state index in [0.29, 0.717) is 16.1 Å². The van der Waals surface area contributed by atoms with Crippen molar-refractivity contribution in [2.45, 2.75) is 38.0 Å².